The van der Waals surface area contributed by atoms with Gasteiger partial charge in [0.05, 0.1) is 23.4 Å². The van der Waals surface area contributed by atoms with Gasteiger partial charge >= 0.3 is 12.0 Å². The monoisotopic (exact) mass is 540 g/mol. The van der Waals surface area contributed by atoms with Crippen molar-refractivity contribution in [2.24, 2.45) is 0 Å². The molecule has 0 spiro atoms. The normalized spacial score (nSPS) is 14.5. The molecule has 0 radical (unpaired) electrons. The predicted octanol–water partition coefficient (Wildman–Crippen LogP) is 4.95. The summed E-state index contributed by atoms with van der Waals surface area (Å²) >= 11 is 12.5. The number of aromatic carboxylic acids is 1. The molecule has 188 valence electrons. The van der Waals surface area contributed by atoms with Gasteiger partial charge in [-0.15, -0.1) is 0 Å². The Kier molecular flexibility index (Phi) is 7.47. The summed E-state index contributed by atoms with van der Waals surface area (Å²) in [4.78, 5) is 50.2. The Morgan fingerprint density at radius 3 is 2.32 bits per heavy atom. The van der Waals surface area contributed by atoms with E-state index < -0.39 is 23.8 Å². The summed E-state index contributed by atoms with van der Waals surface area (Å²) in [5.41, 5.74) is 0.882. The molecule has 1 heterocycles. The number of anilines is 1. The standard InChI is InChI=1S/C26H18Cl2N2O7/c1-36-19-8-6-18(7-9-19)30-24(32)20(23(31)29-26(30)35)11-16-10-17(27)12-21(28)22(16)37-13-14-2-4-15(5-3-14)25(33)34/h2-12H,13H2,1H3,(H,33,34)(H,29,31,35)/b20-11+. The number of barbiturate groups is 1. The number of hydrogen-bond acceptors (Lipinski definition) is 6. The largest absolute Gasteiger partial charge is 0.497 e. The Labute approximate surface area is 220 Å². The quantitative estimate of drug-likeness (QED) is 0.321. The van der Waals surface area contributed by atoms with Crippen molar-refractivity contribution < 1.29 is 33.8 Å². The maximum absolute atomic E-state index is 13.2. The van der Waals surface area contributed by atoms with Crippen LogP contribution in [0.3, 0.4) is 0 Å². The van der Waals surface area contributed by atoms with Crippen LogP contribution in [0.5, 0.6) is 11.5 Å². The van der Waals surface area contributed by atoms with E-state index in [2.05, 4.69) is 5.32 Å². The fourth-order valence-corrected chi connectivity index (χ4v) is 4.08. The van der Waals surface area contributed by atoms with Crippen molar-refractivity contribution in [2.75, 3.05) is 12.0 Å². The number of hydrogen-bond donors (Lipinski definition) is 2. The second-order valence-electron chi connectivity index (χ2n) is 7.75. The van der Waals surface area contributed by atoms with Crippen LogP contribution < -0.4 is 19.7 Å². The molecule has 0 bridgehead atoms. The lowest BCUT2D eigenvalue weighted by Crippen LogP contribution is -2.54. The lowest BCUT2D eigenvalue weighted by molar-refractivity contribution is -0.122. The van der Waals surface area contributed by atoms with E-state index >= 15 is 0 Å². The Balaban J connectivity index is 1.67. The molecule has 3 aromatic rings. The number of carbonyl (C=O) groups excluding carboxylic acids is 3. The van der Waals surface area contributed by atoms with Gasteiger partial charge in [0.15, 0.2) is 0 Å². The van der Waals surface area contributed by atoms with Crippen molar-refractivity contribution in [2.45, 2.75) is 6.61 Å². The molecule has 0 unspecified atom stereocenters. The van der Waals surface area contributed by atoms with Gasteiger partial charge in [0.25, 0.3) is 11.8 Å². The summed E-state index contributed by atoms with van der Waals surface area (Å²) in [6.45, 7) is 0.00796. The predicted molar refractivity (Wildman–Crippen MR) is 136 cm³/mol. The third kappa shape index (κ3) is 5.58. The number of imide groups is 2. The topological polar surface area (TPSA) is 122 Å². The van der Waals surface area contributed by atoms with Crippen LogP contribution in [0.4, 0.5) is 10.5 Å². The number of carboxylic acids is 1. The molecular formula is C26H18Cl2N2O7. The third-order valence-electron chi connectivity index (χ3n) is 5.35. The smallest absolute Gasteiger partial charge is 0.335 e. The van der Waals surface area contributed by atoms with Crippen LogP contribution in [0.15, 0.2) is 66.2 Å². The molecule has 0 aliphatic carbocycles. The van der Waals surface area contributed by atoms with Crippen LogP contribution in [0.25, 0.3) is 6.08 Å². The first-order valence-electron chi connectivity index (χ1n) is 10.7. The van der Waals surface area contributed by atoms with Crippen molar-refractivity contribution in [3.63, 3.8) is 0 Å². The SMILES string of the molecule is COc1ccc(N2C(=O)NC(=O)/C(=C\c3cc(Cl)cc(Cl)c3OCc3ccc(C(=O)O)cc3)C2=O)cc1. The molecular weight excluding hydrogens is 523 g/mol. The second kappa shape index (κ2) is 10.7. The minimum absolute atomic E-state index is 0.00796. The first-order valence-corrected chi connectivity index (χ1v) is 11.4. The highest BCUT2D eigenvalue weighted by molar-refractivity contribution is 6.40. The van der Waals surface area contributed by atoms with E-state index in [1.807, 2.05) is 0 Å². The van der Waals surface area contributed by atoms with E-state index in [1.54, 1.807) is 24.3 Å². The number of nitrogens with one attached hydrogen (secondary N) is 1. The van der Waals surface area contributed by atoms with Crippen LogP contribution in [0.2, 0.25) is 10.0 Å². The van der Waals surface area contributed by atoms with E-state index in [4.69, 9.17) is 37.8 Å². The number of nitrogens with zero attached hydrogens (tertiary/aromatic N) is 1. The van der Waals surface area contributed by atoms with Gasteiger partial charge in [0.1, 0.15) is 23.7 Å². The molecule has 4 amide bonds. The lowest BCUT2D eigenvalue weighted by Gasteiger charge is -2.26. The summed E-state index contributed by atoms with van der Waals surface area (Å²) in [7, 11) is 1.48. The number of amides is 4. The molecule has 1 aliphatic rings. The highest BCUT2D eigenvalue weighted by Gasteiger charge is 2.37. The zero-order valence-electron chi connectivity index (χ0n) is 19.2. The molecule has 4 rings (SSSR count). The molecule has 3 aromatic carbocycles. The summed E-state index contributed by atoms with van der Waals surface area (Å²) in [5.74, 6) is -2.15. The number of carboxylic acid groups (broad SMARTS) is 1. The van der Waals surface area contributed by atoms with Crippen molar-refractivity contribution >= 4 is 58.8 Å². The van der Waals surface area contributed by atoms with E-state index in [1.165, 1.54) is 49.6 Å². The minimum atomic E-state index is -1.06. The van der Waals surface area contributed by atoms with Gasteiger partial charge in [-0.2, -0.15) is 0 Å². The molecule has 2 N–H and O–H groups in total. The average molecular weight is 541 g/mol. The number of methoxy groups -OCH3 is 1. The number of benzene rings is 3. The van der Waals surface area contributed by atoms with E-state index in [-0.39, 0.29) is 44.8 Å². The summed E-state index contributed by atoms with van der Waals surface area (Å²) in [6.07, 6.45) is 1.24. The molecule has 37 heavy (non-hydrogen) atoms. The zero-order valence-corrected chi connectivity index (χ0v) is 20.7. The molecule has 0 saturated carbocycles. The van der Waals surface area contributed by atoms with Gasteiger partial charge in [0, 0.05) is 10.6 Å². The Morgan fingerprint density at radius 2 is 1.70 bits per heavy atom. The van der Waals surface area contributed by atoms with Crippen molar-refractivity contribution in [3.8, 4) is 11.5 Å². The zero-order chi connectivity index (χ0) is 26.7. The molecule has 1 aliphatic heterocycles. The minimum Gasteiger partial charge on any atom is -0.497 e. The van der Waals surface area contributed by atoms with E-state index in [0.29, 0.717) is 11.3 Å². The summed E-state index contributed by atoms with van der Waals surface area (Å²) < 4.78 is 11.0. The first kappa shape index (κ1) is 25.7. The third-order valence-corrected chi connectivity index (χ3v) is 5.85. The fourth-order valence-electron chi connectivity index (χ4n) is 3.52. The summed E-state index contributed by atoms with van der Waals surface area (Å²) in [5, 5.41) is 11.5. The number of carbonyl (C=O) groups is 4. The van der Waals surface area contributed by atoms with Gasteiger partial charge in [-0.25, -0.2) is 14.5 Å². The highest BCUT2D eigenvalue weighted by Crippen LogP contribution is 2.35. The maximum atomic E-state index is 13.2. The average Bonchev–Trinajstić information content (AvgIpc) is 2.86. The molecule has 1 saturated heterocycles. The lowest BCUT2D eigenvalue weighted by atomic mass is 10.1. The fraction of sp³-hybridized carbons (Fsp3) is 0.0769. The first-order chi connectivity index (χ1) is 17.7. The Bertz CT molecular complexity index is 1430. The van der Waals surface area contributed by atoms with Gasteiger partial charge in [0.2, 0.25) is 0 Å². The summed E-state index contributed by atoms with van der Waals surface area (Å²) in [6, 6.07) is 14.2. The Hall–Kier alpha value is -4.34. The highest BCUT2D eigenvalue weighted by atomic mass is 35.5. The molecule has 11 heteroatoms. The van der Waals surface area contributed by atoms with E-state index in [9.17, 15) is 19.2 Å². The molecule has 9 nitrogen and oxygen atoms in total. The number of ether oxygens (including phenoxy) is 2. The van der Waals surface area contributed by atoms with Crippen LogP contribution in [0, 0.1) is 0 Å². The number of halogens is 2. The second-order valence-corrected chi connectivity index (χ2v) is 8.60. The van der Waals surface area contributed by atoms with Crippen molar-refractivity contribution in [1.29, 1.82) is 0 Å². The molecule has 0 aromatic heterocycles. The Morgan fingerprint density at radius 1 is 1.03 bits per heavy atom. The van der Waals surface area contributed by atoms with Crippen LogP contribution in [0.1, 0.15) is 21.5 Å². The molecule has 0 atom stereocenters. The van der Waals surface area contributed by atoms with Gasteiger partial charge in [-0.1, -0.05) is 35.3 Å². The molecule has 1 fully saturated rings. The van der Waals surface area contributed by atoms with Gasteiger partial charge in [-0.05, 0) is 60.2 Å². The number of urea groups is 1. The van der Waals surface area contributed by atoms with Crippen molar-refractivity contribution in [1.82, 2.24) is 5.32 Å². The van der Waals surface area contributed by atoms with Gasteiger partial charge in [-0.3, -0.25) is 14.9 Å². The number of rotatable bonds is 7. The van der Waals surface area contributed by atoms with Crippen LogP contribution >= 0.6 is 23.2 Å². The van der Waals surface area contributed by atoms with Crippen LogP contribution in [-0.4, -0.2) is 36.0 Å². The maximum Gasteiger partial charge on any atom is 0.335 e. The van der Waals surface area contributed by atoms with E-state index in [0.717, 1.165) is 4.90 Å². The van der Waals surface area contributed by atoms with Crippen molar-refractivity contribution in [3.05, 3.63) is 93.0 Å². The van der Waals surface area contributed by atoms with Gasteiger partial charge < -0.3 is 14.6 Å². The van der Waals surface area contributed by atoms with Crippen LogP contribution in [-0.2, 0) is 16.2 Å².